The standard InChI is InChI=1S/C28H34N2OS/c31-28(22-7-2-1-3-8-22)25(26-10-4-5-16-29-26)14-19-30-17-12-21(13-18-30)23-9-6-11-27-24(23)15-20-32-27/h4-6,9-11,15-16,20-22,25H,1-3,7-8,12-14,17-19H2. The summed E-state index contributed by atoms with van der Waals surface area (Å²) in [5, 5.41) is 3.66. The van der Waals surface area contributed by atoms with E-state index in [0.717, 1.165) is 44.6 Å². The molecule has 2 fully saturated rings. The summed E-state index contributed by atoms with van der Waals surface area (Å²) in [7, 11) is 0. The molecule has 1 saturated heterocycles. The molecule has 5 rings (SSSR count). The highest BCUT2D eigenvalue weighted by atomic mass is 32.1. The maximum Gasteiger partial charge on any atom is 0.145 e. The maximum atomic E-state index is 13.4. The summed E-state index contributed by atoms with van der Waals surface area (Å²) in [6.07, 6.45) is 11.0. The number of likely N-dealkylation sites (tertiary alicyclic amines) is 1. The Balaban J connectivity index is 1.21. The van der Waals surface area contributed by atoms with Crippen molar-refractivity contribution in [3.63, 3.8) is 0 Å². The Morgan fingerprint density at radius 3 is 2.62 bits per heavy atom. The van der Waals surface area contributed by atoms with E-state index in [0.29, 0.717) is 11.7 Å². The quantitative estimate of drug-likeness (QED) is 0.400. The minimum atomic E-state index is -0.0448. The smallest absolute Gasteiger partial charge is 0.145 e. The first-order valence-electron chi connectivity index (χ1n) is 12.4. The van der Waals surface area contributed by atoms with Gasteiger partial charge in [0.2, 0.25) is 0 Å². The Labute approximate surface area is 195 Å². The summed E-state index contributed by atoms with van der Waals surface area (Å²) in [6.45, 7) is 3.24. The Hall–Kier alpha value is -2.04. The minimum absolute atomic E-state index is 0.0448. The van der Waals surface area contributed by atoms with Crippen LogP contribution in [-0.4, -0.2) is 35.3 Å². The summed E-state index contributed by atoms with van der Waals surface area (Å²) >= 11 is 1.84. The number of Topliss-reactive ketones (excluding diaryl/α,β-unsaturated/α-hetero) is 1. The van der Waals surface area contributed by atoms with Gasteiger partial charge in [0.05, 0.1) is 11.6 Å². The highest BCUT2D eigenvalue weighted by Gasteiger charge is 2.31. The number of rotatable bonds is 7. The third-order valence-electron chi connectivity index (χ3n) is 7.69. The van der Waals surface area contributed by atoms with Crippen molar-refractivity contribution in [2.45, 2.75) is 63.2 Å². The molecule has 1 atom stereocenters. The summed E-state index contributed by atoms with van der Waals surface area (Å²) in [5.41, 5.74) is 2.50. The molecular weight excluding hydrogens is 412 g/mol. The molecule has 32 heavy (non-hydrogen) atoms. The first-order valence-corrected chi connectivity index (χ1v) is 13.3. The van der Waals surface area contributed by atoms with Gasteiger partial charge >= 0.3 is 0 Å². The Morgan fingerprint density at radius 1 is 1.00 bits per heavy atom. The lowest BCUT2D eigenvalue weighted by Crippen LogP contribution is -2.35. The molecule has 1 aliphatic heterocycles. The van der Waals surface area contributed by atoms with Crippen LogP contribution in [0, 0.1) is 5.92 Å². The molecule has 1 saturated carbocycles. The third kappa shape index (κ3) is 4.82. The first kappa shape index (κ1) is 21.8. The molecule has 168 valence electrons. The van der Waals surface area contributed by atoms with Crippen LogP contribution in [0.3, 0.4) is 0 Å². The second-order valence-electron chi connectivity index (χ2n) is 9.63. The molecule has 0 spiro atoms. The van der Waals surface area contributed by atoms with Crippen molar-refractivity contribution in [2.75, 3.05) is 19.6 Å². The summed E-state index contributed by atoms with van der Waals surface area (Å²) in [6, 6.07) is 15.1. The second-order valence-corrected chi connectivity index (χ2v) is 10.6. The number of hydrogen-bond acceptors (Lipinski definition) is 4. The molecule has 3 aromatic rings. The molecule has 1 aromatic carbocycles. The number of thiophene rings is 1. The topological polar surface area (TPSA) is 33.2 Å². The molecule has 1 aliphatic carbocycles. The number of nitrogens with zero attached hydrogens (tertiary/aromatic N) is 2. The third-order valence-corrected chi connectivity index (χ3v) is 8.57. The van der Waals surface area contributed by atoms with Crippen LogP contribution in [0.4, 0.5) is 0 Å². The predicted molar refractivity (Wildman–Crippen MR) is 133 cm³/mol. The van der Waals surface area contributed by atoms with Gasteiger partial charge in [-0.1, -0.05) is 37.5 Å². The molecule has 4 heteroatoms. The van der Waals surface area contributed by atoms with E-state index in [9.17, 15) is 4.79 Å². The van der Waals surface area contributed by atoms with Gasteiger partial charge in [0.15, 0.2) is 0 Å². The van der Waals surface area contributed by atoms with Crippen LogP contribution in [0.15, 0.2) is 54.0 Å². The van der Waals surface area contributed by atoms with Gasteiger partial charge in [-0.3, -0.25) is 9.78 Å². The van der Waals surface area contributed by atoms with Gasteiger partial charge < -0.3 is 4.90 Å². The number of fused-ring (bicyclic) bond motifs is 1. The van der Waals surface area contributed by atoms with Gasteiger partial charge in [0.25, 0.3) is 0 Å². The Morgan fingerprint density at radius 2 is 1.84 bits per heavy atom. The monoisotopic (exact) mass is 446 g/mol. The fourth-order valence-corrected chi connectivity index (χ4v) is 6.66. The van der Waals surface area contributed by atoms with Crippen molar-refractivity contribution in [1.29, 1.82) is 0 Å². The molecule has 1 unspecified atom stereocenters. The molecule has 3 nitrogen and oxygen atoms in total. The van der Waals surface area contributed by atoms with Crippen LogP contribution in [-0.2, 0) is 4.79 Å². The van der Waals surface area contributed by atoms with E-state index in [4.69, 9.17) is 0 Å². The van der Waals surface area contributed by atoms with Crippen LogP contribution in [0.5, 0.6) is 0 Å². The molecule has 3 heterocycles. The van der Waals surface area contributed by atoms with Crippen LogP contribution in [0.25, 0.3) is 10.1 Å². The van der Waals surface area contributed by atoms with Crippen molar-refractivity contribution in [3.8, 4) is 0 Å². The van der Waals surface area contributed by atoms with E-state index in [1.165, 1.54) is 47.8 Å². The van der Waals surface area contributed by atoms with Gasteiger partial charge in [0, 0.05) is 16.8 Å². The summed E-state index contributed by atoms with van der Waals surface area (Å²) in [4.78, 5) is 20.6. The fraction of sp³-hybridized carbons (Fsp3) is 0.500. The zero-order chi connectivity index (χ0) is 21.8. The highest BCUT2D eigenvalue weighted by molar-refractivity contribution is 7.17. The Bertz CT molecular complexity index is 1020. The van der Waals surface area contributed by atoms with Crippen molar-refractivity contribution < 1.29 is 4.79 Å². The second kappa shape index (κ2) is 10.3. The lowest BCUT2D eigenvalue weighted by Gasteiger charge is -2.33. The molecule has 0 bridgehead atoms. The van der Waals surface area contributed by atoms with Crippen LogP contribution in [0.1, 0.15) is 74.5 Å². The van der Waals surface area contributed by atoms with Crippen LogP contribution < -0.4 is 0 Å². The minimum Gasteiger partial charge on any atom is -0.303 e. The van der Waals surface area contributed by atoms with Crippen molar-refractivity contribution in [1.82, 2.24) is 9.88 Å². The highest BCUT2D eigenvalue weighted by Crippen LogP contribution is 2.36. The number of carbonyl (C=O) groups is 1. The van der Waals surface area contributed by atoms with Gasteiger partial charge in [-0.2, -0.15) is 0 Å². The Kier molecular flexibility index (Phi) is 6.99. The fourth-order valence-electron chi connectivity index (χ4n) is 5.84. The van der Waals surface area contributed by atoms with E-state index < -0.39 is 0 Å². The molecule has 0 N–H and O–H groups in total. The van der Waals surface area contributed by atoms with Crippen molar-refractivity contribution >= 4 is 27.2 Å². The average molecular weight is 447 g/mol. The number of hydrogen-bond donors (Lipinski definition) is 0. The normalized spacial score (nSPS) is 19.9. The first-order chi connectivity index (χ1) is 15.8. The number of carbonyl (C=O) groups excluding carboxylic acids is 1. The molecular formula is C28H34N2OS. The van der Waals surface area contributed by atoms with E-state index in [2.05, 4.69) is 45.6 Å². The van der Waals surface area contributed by atoms with Gasteiger partial charge in [-0.25, -0.2) is 0 Å². The molecule has 2 aromatic heterocycles. The SMILES string of the molecule is O=C(C1CCCCC1)C(CCN1CCC(c2cccc3sccc23)CC1)c1ccccn1. The van der Waals surface area contributed by atoms with E-state index in [1.54, 1.807) is 0 Å². The van der Waals surface area contributed by atoms with Crippen molar-refractivity contribution in [3.05, 3.63) is 65.3 Å². The van der Waals surface area contributed by atoms with Gasteiger partial charge in [-0.05, 0) is 98.3 Å². The average Bonchev–Trinajstić information content (AvgIpc) is 3.35. The number of piperidine rings is 1. The van der Waals surface area contributed by atoms with E-state index >= 15 is 0 Å². The summed E-state index contributed by atoms with van der Waals surface area (Å²) in [5.74, 6) is 1.30. The maximum absolute atomic E-state index is 13.4. The van der Waals surface area contributed by atoms with Crippen LogP contribution in [0.2, 0.25) is 0 Å². The number of aromatic nitrogens is 1. The van der Waals surface area contributed by atoms with E-state index in [1.807, 2.05) is 29.7 Å². The number of pyridine rings is 1. The van der Waals surface area contributed by atoms with Gasteiger partial charge in [0.1, 0.15) is 5.78 Å². The molecule has 0 amide bonds. The predicted octanol–water partition coefficient (Wildman–Crippen LogP) is 6.80. The van der Waals surface area contributed by atoms with E-state index in [-0.39, 0.29) is 11.8 Å². The lowest BCUT2D eigenvalue weighted by molar-refractivity contribution is -0.125. The van der Waals surface area contributed by atoms with Crippen molar-refractivity contribution in [2.24, 2.45) is 5.92 Å². The zero-order valence-corrected chi connectivity index (χ0v) is 19.7. The largest absolute Gasteiger partial charge is 0.303 e. The van der Waals surface area contributed by atoms with Gasteiger partial charge in [-0.15, -0.1) is 11.3 Å². The zero-order valence-electron chi connectivity index (χ0n) is 18.9. The number of benzene rings is 1. The molecule has 0 radical (unpaired) electrons. The molecule has 2 aliphatic rings. The lowest BCUT2D eigenvalue weighted by atomic mass is 9.79. The summed E-state index contributed by atoms with van der Waals surface area (Å²) < 4.78 is 1.41. The number of ketones is 1. The van der Waals surface area contributed by atoms with Crippen LogP contribution >= 0.6 is 11.3 Å².